The lowest BCUT2D eigenvalue weighted by Gasteiger charge is -2.25. The van der Waals surface area contributed by atoms with Crippen molar-refractivity contribution in [1.29, 1.82) is 0 Å². The number of hydrogen-bond acceptors (Lipinski definition) is 4. The number of aliphatic hydroxyl groups is 1. The molecule has 7 nitrogen and oxygen atoms in total. The van der Waals surface area contributed by atoms with Crippen molar-refractivity contribution >= 4 is 17.7 Å². The summed E-state index contributed by atoms with van der Waals surface area (Å²) in [5.41, 5.74) is 5.24. The number of amides is 3. The van der Waals surface area contributed by atoms with Crippen LogP contribution in [0.5, 0.6) is 0 Å². The highest BCUT2D eigenvalue weighted by Gasteiger charge is 2.30. The maximum Gasteiger partial charge on any atom is 0.245 e. The zero-order valence-corrected chi connectivity index (χ0v) is 11.8. The number of primary amides is 1. The molecule has 0 aromatic rings. The second-order valence-corrected chi connectivity index (χ2v) is 4.69. The first-order valence-electron chi connectivity index (χ1n) is 6.25. The first-order chi connectivity index (χ1) is 8.70. The van der Waals surface area contributed by atoms with Gasteiger partial charge in [-0.15, -0.1) is 0 Å². The Labute approximate surface area is 112 Å². The summed E-state index contributed by atoms with van der Waals surface area (Å²) in [6.45, 7) is 6.27. The van der Waals surface area contributed by atoms with E-state index in [1.165, 1.54) is 13.8 Å². The van der Waals surface area contributed by atoms with Crippen LogP contribution in [0.2, 0.25) is 0 Å². The Morgan fingerprint density at radius 3 is 2.00 bits per heavy atom. The number of hydrogen-bond donors (Lipinski definition) is 4. The molecular weight excluding hydrogens is 250 g/mol. The van der Waals surface area contributed by atoms with Gasteiger partial charge in [-0.2, -0.15) is 0 Å². The second kappa shape index (κ2) is 7.73. The van der Waals surface area contributed by atoms with Gasteiger partial charge in [-0.25, -0.2) is 0 Å². The molecule has 0 aliphatic rings. The molecule has 3 amide bonds. The maximum absolute atomic E-state index is 12.0. The largest absolute Gasteiger partial charge is 0.391 e. The van der Waals surface area contributed by atoms with Gasteiger partial charge in [0.25, 0.3) is 0 Å². The van der Waals surface area contributed by atoms with E-state index in [-0.39, 0.29) is 5.92 Å². The van der Waals surface area contributed by atoms with Crippen molar-refractivity contribution in [1.82, 2.24) is 10.6 Å². The van der Waals surface area contributed by atoms with Crippen LogP contribution >= 0.6 is 0 Å². The molecule has 4 atom stereocenters. The molecule has 0 saturated heterocycles. The fraction of sp³-hybridized carbons (Fsp3) is 0.750. The third kappa shape index (κ3) is 5.69. The van der Waals surface area contributed by atoms with Crippen LogP contribution in [0.1, 0.15) is 34.1 Å². The minimum atomic E-state index is -1.11. The zero-order valence-electron chi connectivity index (χ0n) is 11.8. The first kappa shape index (κ1) is 17.4. The van der Waals surface area contributed by atoms with E-state index in [4.69, 9.17) is 5.73 Å². The van der Waals surface area contributed by atoms with E-state index in [1.54, 1.807) is 6.92 Å². The Kier molecular flexibility index (Phi) is 7.06. The van der Waals surface area contributed by atoms with E-state index >= 15 is 0 Å². The van der Waals surface area contributed by atoms with E-state index < -0.39 is 35.9 Å². The predicted molar refractivity (Wildman–Crippen MR) is 69.9 cm³/mol. The Morgan fingerprint density at radius 2 is 1.68 bits per heavy atom. The van der Waals surface area contributed by atoms with Crippen LogP contribution in [0.15, 0.2) is 0 Å². The zero-order chi connectivity index (χ0) is 15.2. The van der Waals surface area contributed by atoms with Crippen LogP contribution in [0.25, 0.3) is 0 Å². The third-order valence-corrected chi connectivity index (χ3v) is 2.94. The summed E-state index contributed by atoms with van der Waals surface area (Å²) in [5.74, 6) is -1.85. The van der Waals surface area contributed by atoms with Crippen molar-refractivity contribution in [3.8, 4) is 0 Å². The molecule has 0 aliphatic carbocycles. The summed E-state index contributed by atoms with van der Waals surface area (Å²) in [4.78, 5) is 34.2. The molecule has 0 aromatic heterocycles. The number of aliphatic hydroxyl groups excluding tert-OH is 1. The summed E-state index contributed by atoms with van der Waals surface area (Å²) in [6.07, 6.45) is -0.415. The SMILES string of the molecule is CCC(C)C(NC(=O)C(NC(C)=O)C(C)O)C(N)=O. The second-order valence-electron chi connectivity index (χ2n) is 4.69. The van der Waals surface area contributed by atoms with E-state index in [2.05, 4.69) is 10.6 Å². The molecule has 0 aromatic carbocycles. The molecule has 110 valence electrons. The Bertz CT molecular complexity index is 344. The minimum absolute atomic E-state index is 0.131. The van der Waals surface area contributed by atoms with Crippen molar-refractivity contribution < 1.29 is 19.5 Å². The van der Waals surface area contributed by atoms with Gasteiger partial charge in [-0.1, -0.05) is 20.3 Å². The summed E-state index contributed by atoms with van der Waals surface area (Å²) < 4.78 is 0. The average Bonchev–Trinajstić information content (AvgIpc) is 2.30. The Hall–Kier alpha value is -1.63. The summed E-state index contributed by atoms with van der Waals surface area (Å²) >= 11 is 0. The van der Waals surface area contributed by atoms with Crippen LogP contribution in [0, 0.1) is 5.92 Å². The quantitative estimate of drug-likeness (QED) is 0.470. The molecule has 4 unspecified atom stereocenters. The van der Waals surface area contributed by atoms with Gasteiger partial charge in [-0.05, 0) is 12.8 Å². The molecule has 19 heavy (non-hydrogen) atoms. The van der Waals surface area contributed by atoms with Crippen molar-refractivity contribution in [2.75, 3.05) is 0 Å². The van der Waals surface area contributed by atoms with E-state index in [0.29, 0.717) is 6.42 Å². The molecule has 0 spiro atoms. The third-order valence-electron chi connectivity index (χ3n) is 2.94. The lowest BCUT2D eigenvalue weighted by molar-refractivity contribution is -0.133. The summed E-state index contributed by atoms with van der Waals surface area (Å²) in [7, 11) is 0. The number of nitrogens with one attached hydrogen (secondary N) is 2. The van der Waals surface area contributed by atoms with Crippen molar-refractivity contribution in [2.45, 2.75) is 52.3 Å². The van der Waals surface area contributed by atoms with Crippen molar-refractivity contribution in [3.63, 3.8) is 0 Å². The monoisotopic (exact) mass is 273 g/mol. The van der Waals surface area contributed by atoms with E-state index in [0.717, 1.165) is 0 Å². The molecule has 0 fully saturated rings. The predicted octanol–water partition coefficient (Wildman–Crippen LogP) is -1.11. The number of carbonyl (C=O) groups is 3. The van der Waals surface area contributed by atoms with Gasteiger partial charge in [-0.3, -0.25) is 14.4 Å². The average molecular weight is 273 g/mol. The molecule has 0 radical (unpaired) electrons. The molecule has 0 aliphatic heterocycles. The van der Waals surface area contributed by atoms with Gasteiger partial charge in [0.1, 0.15) is 12.1 Å². The molecule has 0 rings (SSSR count). The van der Waals surface area contributed by atoms with Crippen molar-refractivity contribution in [3.05, 3.63) is 0 Å². The number of nitrogens with two attached hydrogens (primary N) is 1. The van der Waals surface area contributed by atoms with Gasteiger partial charge < -0.3 is 21.5 Å². The maximum atomic E-state index is 12.0. The van der Waals surface area contributed by atoms with Gasteiger partial charge >= 0.3 is 0 Å². The van der Waals surface area contributed by atoms with Gasteiger partial charge in [0.15, 0.2) is 0 Å². The van der Waals surface area contributed by atoms with E-state index in [9.17, 15) is 19.5 Å². The van der Waals surface area contributed by atoms with Crippen LogP contribution in [-0.2, 0) is 14.4 Å². The summed E-state index contributed by atoms with van der Waals surface area (Å²) in [6, 6.07) is -1.93. The van der Waals surface area contributed by atoms with Gasteiger partial charge in [0, 0.05) is 6.92 Å². The molecular formula is C12H23N3O4. The molecule has 5 N–H and O–H groups in total. The molecule has 0 bridgehead atoms. The van der Waals surface area contributed by atoms with Crippen LogP contribution < -0.4 is 16.4 Å². The Morgan fingerprint density at radius 1 is 1.16 bits per heavy atom. The smallest absolute Gasteiger partial charge is 0.245 e. The van der Waals surface area contributed by atoms with E-state index in [1.807, 2.05) is 6.92 Å². The lowest BCUT2D eigenvalue weighted by Crippen LogP contribution is -2.57. The van der Waals surface area contributed by atoms with Gasteiger partial charge in [0.2, 0.25) is 17.7 Å². The summed E-state index contributed by atoms with van der Waals surface area (Å²) in [5, 5.41) is 14.3. The van der Waals surface area contributed by atoms with Crippen molar-refractivity contribution in [2.24, 2.45) is 11.7 Å². The molecule has 7 heteroatoms. The highest BCUT2D eigenvalue weighted by Crippen LogP contribution is 2.08. The fourth-order valence-corrected chi connectivity index (χ4v) is 1.60. The minimum Gasteiger partial charge on any atom is -0.391 e. The lowest BCUT2D eigenvalue weighted by atomic mass is 9.98. The molecule has 0 saturated carbocycles. The Balaban J connectivity index is 4.85. The van der Waals surface area contributed by atoms with Gasteiger partial charge in [0.05, 0.1) is 6.10 Å². The van der Waals surface area contributed by atoms with Crippen LogP contribution in [-0.4, -0.2) is 41.0 Å². The molecule has 0 heterocycles. The topological polar surface area (TPSA) is 122 Å². The van der Waals surface area contributed by atoms with Crippen LogP contribution in [0.4, 0.5) is 0 Å². The highest BCUT2D eigenvalue weighted by molar-refractivity contribution is 5.91. The normalized spacial score (nSPS) is 16.9. The number of carbonyl (C=O) groups excluding carboxylic acids is 3. The fourth-order valence-electron chi connectivity index (χ4n) is 1.60. The van der Waals surface area contributed by atoms with Crippen LogP contribution in [0.3, 0.4) is 0 Å². The first-order valence-corrected chi connectivity index (χ1v) is 6.25. The highest BCUT2D eigenvalue weighted by atomic mass is 16.3. The standard InChI is InChI=1S/C12H23N3O4/c1-5-6(2)9(11(13)18)15-12(19)10(7(3)16)14-8(4)17/h6-7,9-10,16H,5H2,1-4H3,(H2,13,18)(H,14,17)(H,15,19). The number of rotatable bonds is 7.